The van der Waals surface area contributed by atoms with Crippen LogP contribution in [-0.2, 0) is 0 Å². The van der Waals surface area contributed by atoms with Crippen molar-refractivity contribution in [3.8, 4) is 0 Å². The molecule has 0 saturated carbocycles. The Labute approximate surface area is 99.8 Å². The van der Waals surface area contributed by atoms with Gasteiger partial charge >= 0.3 is 6.03 Å². The van der Waals surface area contributed by atoms with Crippen LogP contribution in [0.25, 0.3) is 0 Å². The van der Waals surface area contributed by atoms with Crippen molar-refractivity contribution in [3.05, 3.63) is 35.6 Å². The SMILES string of the molecule is CN1CCN(CC(N)c2cccc(F)c2)C1=O. The normalized spacial score (nSPS) is 17.7. The van der Waals surface area contributed by atoms with Gasteiger partial charge in [-0.15, -0.1) is 0 Å². The third-order valence-electron chi connectivity index (χ3n) is 3.00. The molecule has 1 saturated heterocycles. The first-order valence-corrected chi connectivity index (χ1v) is 5.59. The number of benzene rings is 1. The predicted octanol–water partition coefficient (Wildman–Crippen LogP) is 1.19. The summed E-state index contributed by atoms with van der Waals surface area (Å²) in [7, 11) is 1.76. The molecule has 17 heavy (non-hydrogen) atoms. The highest BCUT2D eigenvalue weighted by molar-refractivity contribution is 5.76. The van der Waals surface area contributed by atoms with E-state index in [1.165, 1.54) is 12.1 Å². The molecular weight excluding hydrogens is 221 g/mol. The second-order valence-electron chi connectivity index (χ2n) is 4.31. The number of urea groups is 1. The molecule has 2 amide bonds. The molecule has 2 N–H and O–H groups in total. The van der Waals surface area contributed by atoms with Gasteiger partial charge in [-0.05, 0) is 17.7 Å². The van der Waals surface area contributed by atoms with E-state index in [9.17, 15) is 9.18 Å². The fourth-order valence-electron chi connectivity index (χ4n) is 1.95. The molecule has 0 spiro atoms. The van der Waals surface area contributed by atoms with Gasteiger partial charge in [-0.25, -0.2) is 9.18 Å². The Hall–Kier alpha value is -1.62. The highest BCUT2D eigenvalue weighted by Crippen LogP contribution is 2.15. The number of hydrogen-bond donors (Lipinski definition) is 1. The van der Waals surface area contributed by atoms with Gasteiger partial charge < -0.3 is 15.5 Å². The van der Waals surface area contributed by atoms with E-state index in [4.69, 9.17) is 5.73 Å². The van der Waals surface area contributed by atoms with Gasteiger partial charge in [-0.3, -0.25) is 0 Å². The Morgan fingerprint density at radius 3 is 2.82 bits per heavy atom. The van der Waals surface area contributed by atoms with Crippen molar-refractivity contribution in [2.75, 3.05) is 26.7 Å². The van der Waals surface area contributed by atoms with E-state index in [2.05, 4.69) is 0 Å². The van der Waals surface area contributed by atoms with Crippen LogP contribution in [0, 0.1) is 5.82 Å². The number of likely N-dealkylation sites (N-methyl/N-ethyl adjacent to an activating group) is 1. The van der Waals surface area contributed by atoms with Gasteiger partial charge in [0.15, 0.2) is 0 Å². The molecule has 1 atom stereocenters. The molecule has 0 aromatic heterocycles. The monoisotopic (exact) mass is 237 g/mol. The predicted molar refractivity (Wildman–Crippen MR) is 62.9 cm³/mol. The van der Waals surface area contributed by atoms with Crippen LogP contribution in [0.3, 0.4) is 0 Å². The van der Waals surface area contributed by atoms with Crippen molar-refractivity contribution in [1.82, 2.24) is 9.80 Å². The number of rotatable bonds is 3. The summed E-state index contributed by atoms with van der Waals surface area (Å²) in [6.07, 6.45) is 0. The summed E-state index contributed by atoms with van der Waals surface area (Å²) < 4.78 is 13.0. The molecule has 1 unspecified atom stereocenters. The van der Waals surface area contributed by atoms with Gasteiger partial charge in [0.1, 0.15) is 5.82 Å². The van der Waals surface area contributed by atoms with Crippen molar-refractivity contribution in [2.24, 2.45) is 5.73 Å². The summed E-state index contributed by atoms with van der Waals surface area (Å²) in [6.45, 7) is 1.82. The summed E-state index contributed by atoms with van der Waals surface area (Å²) in [5.74, 6) is -0.303. The molecule has 1 aromatic carbocycles. The number of carbonyl (C=O) groups is 1. The Bertz CT molecular complexity index is 424. The molecule has 1 aliphatic heterocycles. The van der Waals surface area contributed by atoms with Gasteiger partial charge in [0.2, 0.25) is 0 Å². The number of carbonyl (C=O) groups excluding carboxylic acids is 1. The van der Waals surface area contributed by atoms with E-state index >= 15 is 0 Å². The summed E-state index contributed by atoms with van der Waals surface area (Å²) in [5, 5.41) is 0. The van der Waals surface area contributed by atoms with Crippen molar-refractivity contribution in [3.63, 3.8) is 0 Å². The topological polar surface area (TPSA) is 49.6 Å². The lowest BCUT2D eigenvalue weighted by atomic mass is 10.1. The van der Waals surface area contributed by atoms with Gasteiger partial charge in [0.05, 0.1) is 0 Å². The maximum absolute atomic E-state index is 13.0. The van der Waals surface area contributed by atoms with Crippen LogP contribution < -0.4 is 5.73 Å². The average molecular weight is 237 g/mol. The quantitative estimate of drug-likeness (QED) is 0.858. The lowest BCUT2D eigenvalue weighted by Crippen LogP contribution is -2.35. The van der Waals surface area contributed by atoms with Crippen molar-refractivity contribution in [2.45, 2.75) is 6.04 Å². The molecule has 1 aliphatic rings. The fraction of sp³-hybridized carbons (Fsp3) is 0.417. The number of halogens is 1. The summed E-state index contributed by atoms with van der Waals surface area (Å²) >= 11 is 0. The first kappa shape index (κ1) is 11.9. The number of nitrogens with two attached hydrogens (primary N) is 1. The zero-order valence-corrected chi connectivity index (χ0v) is 9.77. The van der Waals surface area contributed by atoms with E-state index in [0.717, 1.165) is 0 Å². The van der Waals surface area contributed by atoms with Crippen LogP contribution in [0.1, 0.15) is 11.6 Å². The van der Waals surface area contributed by atoms with Crippen LogP contribution in [0.2, 0.25) is 0 Å². The highest BCUT2D eigenvalue weighted by Gasteiger charge is 2.26. The van der Waals surface area contributed by atoms with E-state index in [0.29, 0.717) is 25.2 Å². The van der Waals surface area contributed by atoms with Crippen molar-refractivity contribution in [1.29, 1.82) is 0 Å². The summed E-state index contributed by atoms with van der Waals surface area (Å²) in [4.78, 5) is 15.0. The zero-order chi connectivity index (χ0) is 12.4. The largest absolute Gasteiger partial charge is 0.326 e. The molecule has 92 valence electrons. The van der Waals surface area contributed by atoms with E-state index in [-0.39, 0.29) is 17.9 Å². The lowest BCUT2D eigenvalue weighted by Gasteiger charge is -2.20. The molecule has 1 heterocycles. The minimum atomic E-state index is -0.346. The van der Waals surface area contributed by atoms with E-state index < -0.39 is 0 Å². The minimum absolute atomic E-state index is 0.0168. The average Bonchev–Trinajstić information content (AvgIpc) is 2.61. The van der Waals surface area contributed by atoms with Gasteiger partial charge in [-0.2, -0.15) is 0 Å². The maximum atomic E-state index is 13.0. The molecule has 0 bridgehead atoms. The Morgan fingerprint density at radius 2 is 2.24 bits per heavy atom. The first-order chi connectivity index (χ1) is 8.08. The van der Waals surface area contributed by atoms with E-state index in [1.807, 2.05) is 0 Å². The molecule has 5 heteroatoms. The third-order valence-corrected chi connectivity index (χ3v) is 3.00. The smallest absolute Gasteiger partial charge is 0.319 e. The Morgan fingerprint density at radius 1 is 1.47 bits per heavy atom. The van der Waals surface area contributed by atoms with Crippen molar-refractivity contribution < 1.29 is 9.18 Å². The lowest BCUT2D eigenvalue weighted by molar-refractivity contribution is 0.196. The fourth-order valence-corrected chi connectivity index (χ4v) is 1.95. The van der Waals surface area contributed by atoms with Crippen LogP contribution in [0.5, 0.6) is 0 Å². The van der Waals surface area contributed by atoms with E-state index in [1.54, 1.807) is 29.0 Å². The molecule has 0 aliphatic carbocycles. The van der Waals surface area contributed by atoms with Gasteiger partial charge in [0.25, 0.3) is 0 Å². The minimum Gasteiger partial charge on any atom is -0.326 e. The maximum Gasteiger partial charge on any atom is 0.319 e. The number of amides is 2. The Balaban J connectivity index is 2.02. The first-order valence-electron chi connectivity index (χ1n) is 5.59. The zero-order valence-electron chi connectivity index (χ0n) is 9.77. The molecule has 2 rings (SSSR count). The van der Waals surface area contributed by atoms with Crippen molar-refractivity contribution >= 4 is 6.03 Å². The number of hydrogen-bond acceptors (Lipinski definition) is 2. The van der Waals surface area contributed by atoms with Crippen LogP contribution in [0.15, 0.2) is 24.3 Å². The molecule has 0 radical (unpaired) electrons. The van der Waals surface area contributed by atoms with Crippen LogP contribution in [0.4, 0.5) is 9.18 Å². The molecule has 4 nitrogen and oxygen atoms in total. The second-order valence-corrected chi connectivity index (χ2v) is 4.31. The second kappa shape index (κ2) is 4.71. The van der Waals surface area contributed by atoms with Crippen LogP contribution in [-0.4, -0.2) is 42.5 Å². The molecular formula is C12H16FN3O. The third kappa shape index (κ3) is 2.55. The highest BCUT2D eigenvalue weighted by atomic mass is 19.1. The summed E-state index contributed by atoms with van der Waals surface area (Å²) in [5.41, 5.74) is 6.69. The van der Waals surface area contributed by atoms with Crippen LogP contribution >= 0.6 is 0 Å². The molecule has 1 aromatic rings. The number of nitrogens with zero attached hydrogens (tertiary/aromatic N) is 2. The van der Waals surface area contributed by atoms with Gasteiger partial charge in [0, 0.05) is 32.7 Å². The molecule has 1 fully saturated rings. The summed E-state index contributed by atoms with van der Waals surface area (Å²) in [6, 6.07) is 5.83. The standard InChI is InChI=1S/C12H16FN3O/c1-15-5-6-16(12(15)17)8-11(14)9-3-2-4-10(13)7-9/h2-4,7,11H,5-6,8,14H2,1H3. The Kier molecular flexibility index (Phi) is 3.28. The van der Waals surface area contributed by atoms with Gasteiger partial charge in [-0.1, -0.05) is 12.1 Å².